The number of halogens is 1. The highest BCUT2D eigenvalue weighted by Gasteiger charge is 2.60. The van der Waals surface area contributed by atoms with Crippen LogP contribution in [0, 0.1) is 17.3 Å². The van der Waals surface area contributed by atoms with Gasteiger partial charge < -0.3 is 9.84 Å². The Balaban J connectivity index is 1.50. The third-order valence-corrected chi connectivity index (χ3v) is 6.55. The van der Waals surface area contributed by atoms with E-state index in [1.807, 2.05) is 24.3 Å². The lowest BCUT2D eigenvalue weighted by Crippen LogP contribution is -2.58. The van der Waals surface area contributed by atoms with E-state index in [2.05, 4.69) is 15.9 Å². The second kappa shape index (κ2) is 5.07. The lowest BCUT2D eigenvalue weighted by Gasteiger charge is -2.58. The molecule has 0 aliphatic heterocycles. The molecule has 3 nitrogen and oxygen atoms in total. The Labute approximate surface area is 139 Å². The SMILES string of the molecule is O=C(OCc1ccccc1Br)C12C[C@@H]3C[C@@H](CC(O)(C3)C1)C2. The second-order valence-electron chi connectivity index (χ2n) is 7.63. The summed E-state index contributed by atoms with van der Waals surface area (Å²) in [5.74, 6) is 0.903. The zero-order chi connectivity index (χ0) is 15.4. The number of carbonyl (C=O) groups is 1. The number of esters is 1. The zero-order valence-electron chi connectivity index (χ0n) is 12.6. The fraction of sp³-hybridized carbons (Fsp3) is 0.611. The summed E-state index contributed by atoms with van der Waals surface area (Å²) in [5.41, 5.74) is -0.0597. The van der Waals surface area contributed by atoms with Gasteiger partial charge in [-0.05, 0) is 56.4 Å². The van der Waals surface area contributed by atoms with E-state index in [-0.39, 0.29) is 5.97 Å². The van der Waals surface area contributed by atoms with Crippen LogP contribution in [0.4, 0.5) is 0 Å². The van der Waals surface area contributed by atoms with Crippen molar-refractivity contribution in [2.45, 2.75) is 50.7 Å². The molecule has 0 saturated heterocycles. The van der Waals surface area contributed by atoms with Crippen molar-refractivity contribution in [1.82, 2.24) is 0 Å². The average molecular weight is 365 g/mol. The number of carbonyl (C=O) groups excluding carboxylic acids is 1. The van der Waals surface area contributed by atoms with Gasteiger partial charge >= 0.3 is 5.97 Å². The minimum absolute atomic E-state index is 0.101. The summed E-state index contributed by atoms with van der Waals surface area (Å²) < 4.78 is 6.62. The first-order valence-electron chi connectivity index (χ1n) is 8.11. The first-order valence-corrected chi connectivity index (χ1v) is 8.90. The summed E-state index contributed by atoms with van der Waals surface area (Å²) in [5, 5.41) is 10.7. The summed E-state index contributed by atoms with van der Waals surface area (Å²) in [4.78, 5) is 12.8. The van der Waals surface area contributed by atoms with Crippen LogP contribution in [-0.2, 0) is 16.1 Å². The number of ether oxygens (including phenoxy) is 1. The topological polar surface area (TPSA) is 46.5 Å². The normalized spacial score (nSPS) is 39.0. The second-order valence-corrected chi connectivity index (χ2v) is 8.49. The van der Waals surface area contributed by atoms with Crippen LogP contribution in [0.2, 0.25) is 0 Å². The van der Waals surface area contributed by atoms with E-state index in [0.717, 1.165) is 35.7 Å². The minimum atomic E-state index is -0.615. The van der Waals surface area contributed by atoms with Gasteiger partial charge in [0.15, 0.2) is 0 Å². The summed E-state index contributed by atoms with van der Waals surface area (Å²) in [6, 6.07) is 7.81. The summed E-state index contributed by atoms with van der Waals surface area (Å²) >= 11 is 3.49. The molecule has 0 amide bonds. The molecule has 0 spiro atoms. The standard InChI is InChI=1S/C18H21BrO3/c19-15-4-2-1-3-14(15)10-22-16(20)17-6-12-5-13(7-17)9-18(21,8-12)11-17/h1-4,12-13,21H,5-11H2/t12-,13+,17?,18?. The molecule has 118 valence electrons. The van der Waals surface area contributed by atoms with E-state index in [9.17, 15) is 9.90 Å². The Morgan fingerprint density at radius 1 is 1.23 bits per heavy atom. The maximum absolute atomic E-state index is 12.8. The van der Waals surface area contributed by atoms with Crippen molar-refractivity contribution in [3.63, 3.8) is 0 Å². The van der Waals surface area contributed by atoms with Crippen LogP contribution in [0.5, 0.6) is 0 Å². The Hall–Kier alpha value is -0.870. The highest BCUT2D eigenvalue weighted by molar-refractivity contribution is 9.10. The molecule has 5 rings (SSSR count). The monoisotopic (exact) mass is 364 g/mol. The molecule has 0 heterocycles. The number of rotatable bonds is 3. The molecule has 22 heavy (non-hydrogen) atoms. The molecule has 4 aliphatic carbocycles. The van der Waals surface area contributed by atoms with Crippen molar-refractivity contribution in [1.29, 1.82) is 0 Å². The van der Waals surface area contributed by atoms with E-state index in [4.69, 9.17) is 4.74 Å². The van der Waals surface area contributed by atoms with Gasteiger partial charge in [-0.1, -0.05) is 34.1 Å². The van der Waals surface area contributed by atoms with Crippen LogP contribution in [-0.4, -0.2) is 16.7 Å². The maximum atomic E-state index is 12.8. The highest BCUT2D eigenvalue weighted by Crippen LogP contribution is 2.62. The first kappa shape index (κ1) is 14.7. The van der Waals surface area contributed by atoms with E-state index in [1.54, 1.807) is 0 Å². The highest BCUT2D eigenvalue weighted by atomic mass is 79.9. The molecular weight excluding hydrogens is 344 g/mol. The average Bonchev–Trinajstić information content (AvgIpc) is 2.43. The van der Waals surface area contributed by atoms with Crippen LogP contribution in [0.3, 0.4) is 0 Å². The molecule has 4 heteroatoms. The van der Waals surface area contributed by atoms with Crippen molar-refractivity contribution in [3.05, 3.63) is 34.3 Å². The van der Waals surface area contributed by atoms with E-state index >= 15 is 0 Å². The number of benzene rings is 1. The fourth-order valence-corrected chi connectivity index (χ4v) is 5.76. The number of aliphatic hydroxyl groups is 1. The Morgan fingerprint density at radius 2 is 1.91 bits per heavy atom. The lowest BCUT2D eigenvalue weighted by molar-refractivity contribution is -0.197. The van der Waals surface area contributed by atoms with Crippen molar-refractivity contribution in [3.8, 4) is 0 Å². The van der Waals surface area contributed by atoms with Gasteiger partial charge in [-0.2, -0.15) is 0 Å². The lowest BCUT2D eigenvalue weighted by atomic mass is 9.48. The quantitative estimate of drug-likeness (QED) is 0.829. The zero-order valence-corrected chi connectivity index (χ0v) is 14.1. The Kier molecular flexibility index (Phi) is 3.39. The number of hydrogen-bond donors (Lipinski definition) is 1. The van der Waals surface area contributed by atoms with Crippen LogP contribution in [0.1, 0.15) is 44.1 Å². The molecule has 4 fully saturated rings. The van der Waals surface area contributed by atoms with Gasteiger partial charge in [0.2, 0.25) is 0 Å². The van der Waals surface area contributed by atoms with Crippen LogP contribution in [0.25, 0.3) is 0 Å². The van der Waals surface area contributed by atoms with Crippen molar-refractivity contribution in [2.24, 2.45) is 17.3 Å². The third-order valence-electron chi connectivity index (χ3n) is 5.78. The summed E-state index contributed by atoms with van der Waals surface area (Å²) in [6.45, 7) is 0.301. The number of hydrogen-bond acceptors (Lipinski definition) is 3. The predicted molar refractivity (Wildman–Crippen MR) is 86.0 cm³/mol. The molecule has 1 N–H and O–H groups in total. The molecule has 0 aromatic heterocycles. The molecule has 1 aromatic carbocycles. The van der Waals surface area contributed by atoms with Gasteiger partial charge in [0.1, 0.15) is 6.61 Å². The summed E-state index contributed by atoms with van der Waals surface area (Å²) in [7, 11) is 0. The van der Waals surface area contributed by atoms with Gasteiger partial charge in [0.25, 0.3) is 0 Å². The van der Waals surface area contributed by atoms with E-state index < -0.39 is 11.0 Å². The molecule has 4 atom stereocenters. The van der Waals surface area contributed by atoms with Crippen LogP contribution < -0.4 is 0 Å². The first-order chi connectivity index (χ1) is 10.5. The Bertz CT molecular complexity index is 598. The van der Waals surface area contributed by atoms with Crippen molar-refractivity contribution in [2.75, 3.05) is 0 Å². The van der Waals surface area contributed by atoms with E-state index in [1.165, 1.54) is 6.42 Å². The van der Waals surface area contributed by atoms with Gasteiger partial charge in [-0.3, -0.25) is 4.79 Å². The molecular formula is C18H21BrO3. The maximum Gasteiger partial charge on any atom is 0.312 e. The summed E-state index contributed by atoms with van der Waals surface area (Å²) in [6.07, 6.45) is 5.34. The minimum Gasteiger partial charge on any atom is -0.460 e. The van der Waals surface area contributed by atoms with Gasteiger partial charge in [0, 0.05) is 10.0 Å². The van der Waals surface area contributed by atoms with Gasteiger partial charge in [-0.15, -0.1) is 0 Å². The smallest absolute Gasteiger partial charge is 0.312 e. The van der Waals surface area contributed by atoms with Crippen LogP contribution >= 0.6 is 15.9 Å². The van der Waals surface area contributed by atoms with E-state index in [0.29, 0.717) is 24.9 Å². The molecule has 1 aromatic rings. The van der Waals surface area contributed by atoms with Crippen molar-refractivity contribution >= 4 is 21.9 Å². The largest absolute Gasteiger partial charge is 0.460 e. The molecule has 0 radical (unpaired) electrons. The van der Waals surface area contributed by atoms with Crippen molar-refractivity contribution < 1.29 is 14.6 Å². The van der Waals surface area contributed by atoms with Gasteiger partial charge in [-0.25, -0.2) is 0 Å². The molecule has 4 saturated carbocycles. The fourth-order valence-electron chi connectivity index (χ4n) is 5.36. The molecule has 2 unspecified atom stereocenters. The predicted octanol–water partition coefficient (Wildman–Crippen LogP) is 3.82. The third kappa shape index (κ3) is 2.41. The molecule has 4 aliphatic rings. The Morgan fingerprint density at radius 3 is 2.55 bits per heavy atom. The molecule has 4 bridgehead atoms. The van der Waals surface area contributed by atoms with Gasteiger partial charge in [0.05, 0.1) is 11.0 Å². The van der Waals surface area contributed by atoms with Crippen LogP contribution in [0.15, 0.2) is 28.7 Å².